The number of rotatable bonds is 2. The zero-order valence-corrected chi connectivity index (χ0v) is 9.98. The van der Waals surface area contributed by atoms with Crippen LogP contribution in [0.4, 0.5) is 5.69 Å². The highest BCUT2D eigenvalue weighted by molar-refractivity contribution is 5.72. The number of carbonyl (C=O) groups is 1. The number of nitrogens with one attached hydrogen (secondary N) is 1. The standard InChI is InChI=1S/C13H18N2O2/c1-17-13(16)10-5-6-15-12(8-10)9-3-2-4-11(14)7-9/h2-4,7,10,12,15H,5-6,8,14H2,1H3. The second-order valence-electron chi connectivity index (χ2n) is 4.42. The first kappa shape index (κ1) is 11.9. The van der Waals surface area contributed by atoms with Gasteiger partial charge in [0, 0.05) is 11.7 Å². The van der Waals surface area contributed by atoms with E-state index in [-0.39, 0.29) is 17.9 Å². The summed E-state index contributed by atoms with van der Waals surface area (Å²) in [5, 5.41) is 3.41. The molecule has 1 heterocycles. The Bertz CT molecular complexity index is 406. The van der Waals surface area contributed by atoms with Crippen LogP contribution in [0.25, 0.3) is 0 Å². The van der Waals surface area contributed by atoms with E-state index in [1.807, 2.05) is 24.3 Å². The molecule has 2 atom stereocenters. The second kappa shape index (κ2) is 5.19. The van der Waals surface area contributed by atoms with Crippen molar-refractivity contribution in [1.29, 1.82) is 0 Å². The van der Waals surface area contributed by atoms with Crippen molar-refractivity contribution in [2.45, 2.75) is 18.9 Å². The van der Waals surface area contributed by atoms with Crippen molar-refractivity contribution in [2.75, 3.05) is 19.4 Å². The smallest absolute Gasteiger partial charge is 0.308 e. The molecular weight excluding hydrogens is 216 g/mol. The van der Waals surface area contributed by atoms with Crippen LogP contribution in [0.2, 0.25) is 0 Å². The van der Waals surface area contributed by atoms with Crippen LogP contribution in [0.3, 0.4) is 0 Å². The lowest BCUT2D eigenvalue weighted by atomic mass is 9.89. The van der Waals surface area contributed by atoms with Crippen LogP contribution < -0.4 is 11.1 Å². The Morgan fingerprint density at radius 1 is 1.53 bits per heavy atom. The van der Waals surface area contributed by atoms with Gasteiger partial charge in [-0.25, -0.2) is 0 Å². The molecule has 3 N–H and O–H groups in total. The van der Waals surface area contributed by atoms with Crippen molar-refractivity contribution in [3.05, 3.63) is 29.8 Å². The second-order valence-corrected chi connectivity index (χ2v) is 4.42. The summed E-state index contributed by atoms with van der Waals surface area (Å²) in [5.74, 6) is -0.118. The number of methoxy groups -OCH3 is 1. The highest BCUT2D eigenvalue weighted by atomic mass is 16.5. The lowest BCUT2D eigenvalue weighted by Gasteiger charge is -2.29. The first-order valence-electron chi connectivity index (χ1n) is 5.87. The molecule has 1 saturated heterocycles. The van der Waals surface area contributed by atoms with Gasteiger partial charge in [-0.15, -0.1) is 0 Å². The van der Waals surface area contributed by atoms with Gasteiger partial charge in [-0.05, 0) is 37.1 Å². The largest absolute Gasteiger partial charge is 0.469 e. The van der Waals surface area contributed by atoms with Crippen LogP contribution in [0.15, 0.2) is 24.3 Å². The number of nitrogens with two attached hydrogens (primary N) is 1. The van der Waals surface area contributed by atoms with Crippen LogP contribution in [0.1, 0.15) is 24.4 Å². The van der Waals surface area contributed by atoms with Gasteiger partial charge in [0.05, 0.1) is 13.0 Å². The summed E-state index contributed by atoms with van der Waals surface area (Å²) in [4.78, 5) is 11.5. The molecule has 0 radical (unpaired) electrons. The number of esters is 1. The average Bonchev–Trinajstić information content (AvgIpc) is 2.38. The van der Waals surface area contributed by atoms with E-state index in [9.17, 15) is 4.79 Å². The van der Waals surface area contributed by atoms with Gasteiger partial charge in [0.15, 0.2) is 0 Å². The summed E-state index contributed by atoms with van der Waals surface area (Å²) in [7, 11) is 1.44. The molecule has 2 unspecified atom stereocenters. The van der Waals surface area contributed by atoms with Crippen LogP contribution in [-0.4, -0.2) is 19.6 Å². The van der Waals surface area contributed by atoms with Gasteiger partial charge in [-0.2, -0.15) is 0 Å². The van der Waals surface area contributed by atoms with Crippen LogP contribution in [0, 0.1) is 5.92 Å². The molecule has 0 aliphatic carbocycles. The number of hydrogen-bond donors (Lipinski definition) is 2. The number of carbonyl (C=O) groups excluding carboxylic acids is 1. The average molecular weight is 234 g/mol. The topological polar surface area (TPSA) is 64.3 Å². The maximum absolute atomic E-state index is 11.5. The molecule has 0 bridgehead atoms. The van der Waals surface area contributed by atoms with E-state index >= 15 is 0 Å². The van der Waals surface area contributed by atoms with E-state index in [4.69, 9.17) is 10.5 Å². The summed E-state index contributed by atoms with van der Waals surface area (Å²) < 4.78 is 4.81. The zero-order valence-electron chi connectivity index (χ0n) is 9.98. The van der Waals surface area contributed by atoms with Crippen LogP contribution in [-0.2, 0) is 9.53 Å². The van der Waals surface area contributed by atoms with Crippen molar-refractivity contribution in [3.8, 4) is 0 Å². The minimum Gasteiger partial charge on any atom is -0.469 e. The van der Waals surface area contributed by atoms with Crippen molar-refractivity contribution >= 4 is 11.7 Å². The van der Waals surface area contributed by atoms with Gasteiger partial charge < -0.3 is 15.8 Å². The monoisotopic (exact) mass is 234 g/mol. The van der Waals surface area contributed by atoms with Gasteiger partial charge in [-0.3, -0.25) is 4.79 Å². The van der Waals surface area contributed by atoms with Crippen LogP contribution >= 0.6 is 0 Å². The van der Waals surface area contributed by atoms with Gasteiger partial charge in [0.1, 0.15) is 0 Å². The number of piperidine rings is 1. The molecular formula is C13H18N2O2. The molecule has 1 fully saturated rings. The predicted molar refractivity (Wildman–Crippen MR) is 66.3 cm³/mol. The molecule has 1 aliphatic heterocycles. The predicted octanol–water partition coefficient (Wildman–Crippen LogP) is 1.48. The minimum atomic E-state index is -0.111. The normalized spacial score (nSPS) is 24.3. The first-order chi connectivity index (χ1) is 8.20. The number of nitrogen functional groups attached to an aromatic ring is 1. The molecule has 4 nitrogen and oxygen atoms in total. The van der Waals surface area contributed by atoms with Gasteiger partial charge in [-0.1, -0.05) is 12.1 Å². The molecule has 0 saturated carbocycles. The number of ether oxygens (including phenoxy) is 1. The van der Waals surface area contributed by atoms with E-state index < -0.39 is 0 Å². The molecule has 1 aromatic rings. The molecule has 0 spiro atoms. The summed E-state index contributed by atoms with van der Waals surface area (Å²) >= 11 is 0. The molecule has 0 aromatic heterocycles. The third-order valence-electron chi connectivity index (χ3n) is 3.25. The molecule has 92 valence electrons. The minimum absolute atomic E-state index is 0.00678. The van der Waals surface area contributed by atoms with Crippen molar-refractivity contribution in [2.24, 2.45) is 5.92 Å². The van der Waals surface area contributed by atoms with Gasteiger partial charge >= 0.3 is 5.97 Å². The summed E-state index contributed by atoms with van der Waals surface area (Å²) in [5.41, 5.74) is 7.66. The summed E-state index contributed by atoms with van der Waals surface area (Å²) in [6.07, 6.45) is 1.61. The van der Waals surface area contributed by atoms with Gasteiger partial charge in [0.2, 0.25) is 0 Å². The first-order valence-corrected chi connectivity index (χ1v) is 5.87. The Kier molecular flexibility index (Phi) is 3.64. The fourth-order valence-corrected chi connectivity index (χ4v) is 2.33. The van der Waals surface area contributed by atoms with Crippen molar-refractivity contribution in [1.82, 2.24) is 5.32 Å². The van der Waals surface area contributed by atoms with Crippen LogP contribution in [0.5, 0.6) is 0 Å². The quantitative estimate of drug-likeness (QED) is 0.601. The number of anilines is 1. The van der Waals surface area contributed by atoms with Gasteiger partial charge in [0.25, 0.3) is 0 Å². The summed E-state index contributed by atoms with van der Waals surface area (Å²) in [6.45, 7) is 0.833. The third-order valence-corrected chi connectivity index (χ3v) is 3.25. The number of hydrogen-bond acceptors (Lipinski definition) is 4. The zero-order chi connectivity index (χ0) is 12.3. The highest BCUT2D eigenvalue weighted by Gasteiger charge is 2.28. The fourth-order valence-electron chi connectivity index (χ4n) is 2.33. The van der Waals surface area contributed by atoms with E-state index in [0.29, 0.717) is 0 Å². The Morgan fingerprint density at radius 3 is 3.06 bits per heavy atom. The van der Waals surface area contributed by atoms with E-state index in [2.05, 4.69) is 5.32 Å². The Labute approximate surface area is 101 Å². The molecule has 17 heavy (non-hydrogen) atoms. The highest BCUT2D eigenvalue weighted by Crippen LogP contribution is 2.28. The molecule has 0 amide bonds. The summed E-state index contributed by atoms with van der Waals surface area (Å²) in [6, 6.07) is 7.99. The van der Waals surface area contributed by atoms with E-state index in [0.717, 1.165) is 30.6 Å². The Morgan fingerprint density at radius 2 is 2.35 bits per heavy atom. The van der Waals surface area contributed by atoms with E-state index in [1.165, 1.54) is 7.11 Å². The SMILES string of the molecule is COC(=O)C1CCNC(c2cccc(N)c2)C1. The molecule has 1 aromatic carbocycles. The van der Waals surface area contributed by atoms with Crippen molar-refractivity contribution in [3.63, 3.8) is 0 Å². The number of benzene rings is 1. The molecule has 1 aliphatic rings. The Balaban J connectivity index is 2.09. The molecule has 2 rings (SSSR count). The fraction of sp³-hybridized carbons (Fsp3) is 0.462. The maximum atomic E-state index is 11.5. The van der Waals surface area contributed by atoms with E-state index in [1.54, 1.807) is 0 Å². The lowest BCUT2D eigenvalue weighted by molar-refractivity contribution is -0.146. The lowest BCUT2D eigenvalue weighted by Crippen LogP contribution is -2.35. The maximum Gasteiger partial charge on any atom is 0.308 e. The van der Waals surface area contributed by atoms with Crippen molar-refractivity contribution < 1.29 is 9.53 Å². The third kappa shape index (κ3) is 2.77. The molecule has 4 heteroatoms. The Hall–Kier alpha value is -1.55.